The van der Waals surface area contributed by atoms with Crippen LogP contribution in [0.1, 0.15) is 35.1 Å². The number of alkyl halides is 3. The Labute approximate surface area is 139 Å². The second-order valence-electron chi connectivity index (χ2n) is 6.01. The molecule has 1 unspecified atom stereocenters. The van der Waals surface area contributed by atoms with Gasteiger partial charge in [0.25, 0.3) is 11.6 Å². The molecule has 1 aromatic carbocycles. The van der Waals surface area contributed by atoms with Crippen molar-refractivity contribution in [3.8, 4) is 0 Å². The molecule has 0 saturated carbocycles. The van der Waals surface area contributed by atoms with Crippen LogP contribution in [0.5, 0.6) is 0 Å². The Morgan fingerprint density at radius 1 is 1.20 bits per heavy atom. The highest BCUT2D eigenvalue weighted by Gasteiger charge is 2.37. The van der Waals surface area contributed by atoms with Gasteiger partial charge in [-0.3, -0.25) is 0 Å². The van der Waals surface area contributed by atoms with Gasteiger partial charge in [-0.1, -0.05) is 6.07 Å². The summed E-state index contributed by atoms with van der Waals surface area (Å²) in [6.45, 7) is 1.66. The Balaban J connectivity index is 1.75. The normalized spacial score (nSPS) is 17.1. The van der Waals surface area contributed by atoms with Crippen molar-refractivity contribution in [3.05, 3.63) is 52.7 Å². The number of fused-ring (bicyclic) bond motifs is 2. The summed E-state index contributed by atoms with van der Waals surface area (Å²) < 4.78 is 53.2. The van der Waals surface area contributed by atoms with Gasteiger partial charge in [-0.15, -0.1) is 5.10 Å². The van der Waals surface area contributed by atoms with E-state index in [1.165, 1.54) is 12.1 Å². The van der Waals surface area contributed by atoms with E-state index in [4.69, 9.17) is 0 Å². The number of halogens is 4. The molecule has 0 saturated heterocycles. The quantitative estimate of drug-likeness (QED) is 0.716. The van der Waals surface area contributed by atoms with E-state index in [2.05, 4.69) is 20.4 Å². The number of hydrogen-bond donors (Lipinski definition) is 1. The van der Waals surface area contributed by atoms with Gasteiger partial charge in [0, 0.05) is 11.8 Å². The first-order chi connectivity index (χ1) is 11.8. The lowest BCUT2D eigenvalue weighted by molar-refractivity contribution is -0.144. The van der Waals surface area contributed by atoms with Gasteiger partial charge in [0.2, 0.25) is 0 Å². The van der Waals surface area contributed by atoms with E-state index in [0.717, 1.165) is 22.1 Å². The van der Waals surface area contributed by atoms with Gasteiger partial charge in [-0.05, 0) is 43.0 Å². The third-order valence-corrected chi connectivity index (χ3v) is 4.20. The molecule has 1 atom stereocenters. The van der Waals surface area contributed by atoms with Crippen molar-refractivity contribution < 1.29 is 17.6 Å². The van der Waals surface area contributed by atoms with Gasteiger partial charge in [-0.2, -0.15) is 22.7 Å². The summed E-state index contributed by atoms with van der Waals surface area (Å²) in [5.74, 6) is -1.38. The number of hydrogen-bond acceptors (Lipinski definition) is 4. The van der Waals surface area contributed by atoms with Gasteiger partial charge in [0.1, 0.15) is 11.6 Å². The molecule has 2 heterocycles. The SMILES string of the molecule is Cc1cc(NC2CCc3ccc(F)cc32)n2nc(C(F)(F)F)nc2n1. The van der Waals surface area contributed by atoms with Crippen LogP contribution >= 0.6 is 0 Å². The van der Waals surface area contributed by atoms with Crippen molar-refractivity contribution in [2.75, 3.05) is 5.32 Å². The lowest BCUT2D eigenvalue weighted by Crippen LogP contribution is -2.12. The smallest absolute Gasteiger partial charge is 0.363 e. The fourth-order valence-electron chi connectivity index (χ4n) is 3.11. The lowest BCUT2D eigenvalue weighted by atomic mass is 10.1. The van der Waals surface area contributed by atoms with Crippen LogP contribution in [0, 0.1) is 12.7 Å². The summed E-state index contributed by atoms with van der Waals surface area (Å²) in [5, 5.41) is 6.68. The van der Waals surface area contributed by atoms with E-state index >= 15 is 0 Å². The second-order valence-corrected chi connectivity index (χ2v) is 6.01. The average Bonchev–Trinajstić information content (AvgIpc) is 3.11. The Kier molecular flexibility index (Phi) is 3.41. The Morgan fingerprint density at radius 2 is 2.00 bits per heavy atom. The number of nitrogens with zero attached hydrogens (tertiary/aromatic N) is 4. The molecule has 1 N–H and O–H groups in total. The molecule has 1 aliphatic rings. The van der Waals surface area contributed by atoms with E-state index in [1.54, 1.807) is 19.1 Å². The van der Waals surface area contributed by atoms with E-state index < -0.39 is 12.0 Å². The van der Waals surface area contributed by atoms with Crippen LogP contribution in [0.25, 0.3) is 5.78 Å². The maximum atomic E-state index is 13.5. The number of nitrogens with one attached hydrogen (secondary N) is 1. The van der Waals surface area contributed by atoms with Gasteiger partial charge in [0.05, 0.1) is 6.04 Å². The first-order valence-electron chi connectivity index (χ1n) is 7.68. The number of rotatable bonds is 2. The van der Waals surface area contributed by atoms with Gasteiger partial charge >= 0.3 is 6.18 Å². The predicted molar refractivity (Wildman–Crippen MR) is 81.6 cm³/mol. The molecule has 9 heteroatoms. The van der Waals surface area contributed by atoms with E-state index in [9.17, 15) is 17.6 Å². The molecule has 130 valence electrons. The first kappa shape index (κ1) is 15.8. The lowest BCUT2D eigenvalue weighted by Gasteiger charge is -2.16. The standard InChI is InChI=1S/C16H13F4N5/c1-8-6-13(25-15(21-8)23-14(24-25)16(18,19)20)22-12-5-3-9-2-4-10(17)7-11(9)12/h2,4,6-7,12,22H,3,5H2,1H3. The minimum absolute atomic E-state index is 0.132. The predicted octanol–water partition coefficient (Wildman–Crippen LogP) is 3.69. The number of aromatic nitrogens is 4. The minimum Gasteiger partial charge on any atom is -0.363 e. The third-order valence-electron chi connectivity index (χ3n) is 4.20. The van der Waals surface area contributed by atoms with E-state index in [0.29, 0.717) is 17.9 Å². The van der Waals surface area contributed by atoms with Gasteiger partial charge < -0.3 is 5.32 Å². The maximum Gasteiger partial charge on any atom is 0.453 e. The number of benzene rings is 1. The molecule has 2 aromatic heterocycles. The second kappa shape index (κ2) is 5.40. The van der Waals surface area contributed by atoms with Crippen LogP contribution in [0.2, 0.25) is 0 Å². The molecule has 0 bridgehead atoms. The van der Waals surface area contributed by atoms with Crippen LogP contribution in [0.3, 0.4) is 0 Å². The van der Waals surface area contributed by atoms with Crippen molar-refractivity contribution in [3.63, 3.8) is 0 Å². The van der Waals surface area contributed by atoms with Crippen molar-refractivity contribution in [2.24, 2.45) is 0 Å². The Hall–Kier alpha value is -2.71. The molecule has 0 spiro atoms. The summed E-state index contributed by atoms with van der Waals surface area (Å²) in [6, 6.07) is 5.97. The van der Waals surface area contributed by atoms with Gasteiger partial charge in [-0.25, -0.2) is 9.37 Å². The van der Waals surface area contributed by atoms with Crippen LogP contribution < -0.4 is 5.32 Å². The highest BCUT2D eigenvalue weighted by atomic mass is 19.4. The zero-order valence-corrected chi connectivity index (χ0v) is 13.1. The molecule has 0 aliphatic heterocycles. The average molecular weight is 351 g/mol. The molecule has 5 nitrogen and oxygen atoms in total. The fraction of sp³-hybridized carbons (Fsp3) is 0.312. The zero-order valence-electron chi connectivity index (χ0n) is 13.1. The van der Waals surface area contributed by atoms with Crippen LogP contribution in [0.4, 0.5) is 23.4 Å². The van der Waals surface area contributed by atoms with Crippen molar-refractivity contribution in [1.29, 1.82) is 0 Å². The summed E-state index contributed by atoms with van der Waals surface area (Å²) in [4.78, 5) is 7.45. The Morgan fingerprint density at radius 3 is 2.76 bits per heavy atom. The van der Waals surface area contributed by atoms with Crippen molar-refractivity contribution >= 4 is 11.6 Å². The zero-order chi connectivity index (χ0) is 17.8. The molecule has 0 amide bonds. The van der Waals surface area contributed by atoms with Crippen LogP contribution in [0.15, 0.2) is 24.3 Å². The summed E-state index contributed by atoms with van der Waals surface area (Å²) in [5.41, 5.74) is 2.34. The molecule has 25 heavy (non-hydrogen) atoms. The van der Waals surface area contributed by atoms with Crippen molar-refractivity contribution in [2.45, 2.75) is 32.0 Å². The number of anilines is 1. The molecule has 0 fully saturated rings. The summed E-state index contributed by atoms with van der Waals surface area (Å²) in [6.07, 6.45) is -3.17. The largest absolute Gasteiger partial charge is 0.453 e. The molecule has 1 aliphatic carbocycles. The summed E-state index contributed by atoms with van der Waals surface area (Å²) in [7, 11) is 0. The fourth-order valence-corrected chi connectivity index (χ4v) is 3.11. The number of aryl methyl sites for hydroxylation is 2. The minimum atomic E-state index is -4.65. The van der Waals surface area contributed by atoms with Crippen LogP contribution in [-0.2, 0) is 12.6 Å². The summed E-state index contributed by atoms with van der Waals surface area (Å²) >= 11 is 0. The maximum absolute atomic E-state index is 13.5. The topological polar surface area (TPSA) is 55.1 Å². The van der Waals surface area contributed by atoms with E-state index in [-0.39, 0.29) is 17.6 Å². The van der Waals surface area contributed by atoms with Crippen LogP contribution in [-0.4, -0.2) is 19.6 Å². The molecule has 0 radical (unpaired) electrons. The molecule has 4 rings (SSSR count). The van der Waals surface area contributed by atoms with E-state index in [1.807, 2.05) is 0 Å². The van der Waals surface area contributed by atoms with Crippen molar-refractivity contribution in [1.82, 2.24) is 19.6 Å². The Bertz CT molecular complexity index is 963. The highest BCUT2D eigenvalue weighted by Crippen LogP contribution is 2.34. The monoisotopic (exact) mass is 351 g/mol. The molecular weight excluding hydrogens is 338 g/mol. The third kappa shape index (κ3) is 2.79. The highest BCUT2D eigenvalue weighted by molar-refractivity contribution is 5.49. The molecular formula is C16H13F4N5. The molecule has 3 aromatic rings. The first-order valence-corrected chi connectivity index (χ1v) is 7.68. The van der Waals surface area contributed by atoms with Gasteiger partial charge in [0.15, 0.2) is 0 Å².